The summed E-state index contributed by atoms with van der Waals surface area (Å²) in [4.78, 5) is 14.4. The Bertz CT molecular complexity index is 753. The zero-order chi connectivity index (χ0) is 19.2. The minimum atomic E-state index is -0.344. The van der Waals surface area contributed by atoms with Gasteiger partial charge in [-0.1, -0.05) is 42.5 Å². The number of morpholine rings is 1. The molecule has 0 aliphatic carbocycles. The van der Waals surface area contributed by atoms with Crippen LogP contribution in [0, 0.1) is 5.82 Å². The number of carbonyl (C=O) groups is 1. The van der Waals surface area contributed by atoms with Gasteiger partial charge in [-0.3, -0.25) is 9.69 Å². The van der Waals surface area contributed by atoms with Crippen molar-refractivity contribution in [3.05, 3.63) is 71.0 Å². The third-order valence-corrected chi connectivity index (χ3v) is 4.72. The number of rotatable bonds is 6. The summed E-state index contributed by atoms with van der Waals surface area (Å²) in [5.41, 5.74) is 2.70. The van der Waals surface area contributed by atoms with Crippen LogP contribution in [0.1, 0.15) is 30.5 Å². The van der Waals surface area contributed by atoms with Gasteiger partial charge in [-0.2, -0.15) is 0 Å². The standard InChI is InChI=1S/C22H27FN2O2/c1-16-13-25(14-17(2)27-16)15-19-9-7-18(8-10-19)12-24-22(26)11-20-5-3-4-6-21(20)23/h3-10,16-17H,11-15H2,1-2H3,(H,24,26). The van der Waals surface area contributed by atoms with Crippen LogP contribution in [0.25, 0.3) is 0 Å². The molecule has 4 nitrogen and oxygen atoms in total. The largest absolute Gasteiger partial charge is 0.373 e. The molecule has 0 saturated carbocycles. The minimum absolute atomic E-state index is 0.0537. The van der Waals surface area contributed by atoms with Gasteiger partial charge in [-0.05, 0) is 36.6 Å². The lowest BCUT2D eigenvalue weighted by molar-refractivity contribution is -0.120. The molecule has 2 aromatic carbocycles. The van der Waals surface area contributed by atoms with E-state index in [-0.39, 0.29) is 30.4 Å². The zero-order valence-corrected chi connectivity index (χ0v) is 16.0. The first kappa shape index (κ1) is 19.5. The van der Waals surface area contributed by atoms with Gasteiger partial charge in [0.1, 0.15) is 5.82 Å². The van der Waals surface area contributed by atoms with E-state index in [4.69, 9.17) is 4.74 Å². The van der Waals surface area contributed by atoms with Gasteiger partial charge in [-0.25, -0.2) is 4.39 Å². The van der Waals surface area contributed by atoms with Crippen LogP contribution in [0.15, 0.2) is 48.5 Å². The highest BCUT2D eigenvalue weighted by atomic mass is 19.1. The monoisotopic (exact) mass is 370 g/mol. The number of ether oxygens (including phenoxy) is 1. The number of carbonyl (C=O) groups excluding carboxylic acids is 1. The Kier molecular flexibility index (Phi) is 6.58. The topological polar surface area (TPSA) is 41.6 Å². The van der Waals surface area contributed by atoms with Gasteiger partial charge in [0.25, 0.3) is 0 Å². The highest BCUT2D eigenvalue weighted by molar-refractivity contribution is 5.78. The Balaban J connectivity index is 1.47. The third-order valence-electron chi connectivity index (χ3n) is 4.72. The summed E-state index contributed by atoms with van der Waals surface area (Å²) in [7, 11) is 0. The van der Waals surface area contributed by atoms with Crippen molar-refractivity contribution >= 4 is 5.91 Å². The Morgan fingerprint density at radius 2 is 1.70 bits per heavy atom. The van der Waals surface area contributed by atoms with E-state index < -0.39 is 0 Å². The molecule has 1 fully saturated rings. The average Bonchev–Trinajstić information content (AvgIpc) is 2.62. The fraction of sp³-hybridized carbons (Fsp3) is 0.409. The molecule has 27 heavy (non-hydrogen) atoms. The van der Waals surface area contributed by atoms with Gasteiger partial charge in [0.05, 0.1) is 18.6 Å². The molecule has 1 N–H and O–H groups in total. The Morgan fingerprint density at radius 3 is 2.37 bits per heavy atom. The predicted molar refractivity (Wildman–Crippen MR) is 104 cm³/mol. The quantitative estimate of drug-likeness (QED) is 0.848. The highest BCUT2D eigenvalue weighted by Crippen LogP contribution is 2.15. The second kappa shape index (κ2) is 9.11. The van der Waals surface area contributed by atoms with Crippen molar-refractivity contribution in [1.29, 1.82) is 0 Å². The summed E-state index contributed by atoms with van der Waals surface area (Å²) in [6.45, 7) is 7.44. The van der Waals surface area contributed by atoms with E-state index in [1.807, 2.05) is 12.1 Å². The smallest absolute Gasteiger partial charge is 0.224 e. The minimum Gasteiger partial charge on any atom is -0.373 e. The molecule has 2 aromatic rings. The summed E-state index contributed by atoms with van der Waals surface area (Å²) in [5.74, 6) is -0.524. The van der Waals surface area contributed by atoms with Gasteiger partial charge in [0.15, 0.2) is 0 Å². The molecule has 144 valence electrons. The number of benzene rings is 2. The van der Waals surface area contributed by atoms with Crippen molar-refractivity contribution in [2.24, 2.45) is 0 Å². The second-order valence-electron chi connectivity index (χ2n) is 7.31. The lowest BCUT2D eigenvalue weighted by Gasteiger charge is -2.35. The van der Waals surface area contributed by atoms with Gasteiger partial charge in [0, 0.05) is 26.2 Å². The van der Waals surface area contributed by atoms with Gasteiger partial charge >= 0.3 is 0 Å². The number of amides is 1. The maximum absolute atomic E-state index is 13.6. The Morgan fingerprint density at radius 1 is 1.07 bits per heavy atom. The molecule has 2 atom stereocenters. The van der Waals surface area contributed by atoms with Crippen molar-refractivity contribution in [3.8, 4) is 0 Å². The lowest BCUT2D eigenvalue weighted by Crippen LogP contribution is -2.44. The maximum atomic E-state index is 13.6. The molecule has 1 saturated heterocycles. The Labute approximate surface area is 160 Å². The summed E-state index contributed by atoms with van der Waals surface area (Å²) < 4.78 is 19.4. The van der Waals surface area contributed by atoms with Crippen LogP contribution < -0.4 is 5.32 Å². The third kappa shape index (κ3) is 5.88. The van der Waals surface area contributed by atoms with Crippen LogP contribution in [0.5, 0.6) is 0 Å². The summed E-state index contributed by atoms with van der Waals surface area (Å²) in [5, 5.41) is 2.85. The van der Waals surface area contributed by atoms with E-state index in [2.05, 4.69) is 36.2 Å². The first-order valence-electron chi connectivity index (χ1n) is 9.45. The number of nitrogens with zero attached hydrogens (tertiary/aromatic N) is 1. The molecule has 1 aliphatic rings. The molecule has 1 aliphatic heterocycles. The van der Waals surface area contributed by atoms with E-state index in [0.717, 1.165) is 25.2 Å². The highest BCUT2D eigenvalue weighted by Gasteiger charge is 2.21. The first-order chi connectivity index (χ1) is 13.0. The number of nitrogens with one attached hydrogen (secondary N) is 1. The fourth-order valence-electron chi connectivity index (χ4n) is 3.51. The van der Waals surface area contributed by atoms with E-state index in [1.54, 1.807) is 18.2 Å². The molecule has 1 heterocycles. The summed E-state index contributed by atoms with van der Waals surface area (Å²) in [6.07, 6.45) is 0.577. The van der Waals surface area contributed by atoms with Crippen LogP contribution >= 0.6 is 0 Å². The zero-order valence-electron chi connectivity index (χ0n) is 16.0. The number of halogens is 1. The normalized spacial score (nSPS) is 20.4. The van der Waals surface area contributed by atoms with Crippen molar-refractivity contribution in [2.75, 3.05) is 13.1 Å². The summed E-state index contributed by atoms with van der Waals surface area (Å²) >= 11 is 0. The molecular formula is C22H27FN2O2. The molecule has 1 amide bonds. The molecular weight excluding hydrogens is 343 g/mol. The van der Waals surface area contributed by atoms with Crippen LogP contribution in [-0.2, 0) is 29.0 Å². The molecule has 5 heteroatoms. The molecule has 0 bridgehead atoms. The van der Waals surface area contributed by atoms with Gasteiger partial charge in [0.2, 0.25) is 5.91 Å². The average molecular weight is 370 g/mol. The van der Waals surface area contributed by atoms with Gasteiger partial charge in [-0.15, -0.1) is 0 Å². The van der Waals surface area contributed by atoms with E-state index in [0.29, 0.717) is 12.1 Å². The van der Waals surface area contributed by atoms with Gasteiger partial charge < -0.3 is 10.1 Å². The summed E-state index contributed by atoms with van der Waals surface area (Å²) in [6, 6.07) is 14.6. The molecule has 0 aromatic heterocycles. The van der Waals surface area contributed by atoms with Crippen molar-refractivity contribution in [2.45, 2.75) is 45.6 Å². The lowest BCUT2D eigenvalue weighted by atomic mass is 10.1. The molecule has 2 unspecified atom stereocenters. The SMILES string of the molecule is CC1CN(Cc2ccc(CNC(=O)Cc3ccccc3F)cc2)CC(C)O1. The fourth-order valence-corrected chi connectivity index (χ4v) is 3.51. The van der Waals surface area contributed by atoms with E-state index in [9.17, 15) is 9.18 Å². The van der Waals surface area contributed by atoms with Crippen LogP contribution in [0.3, 0.4) is 0 Å². The van der Waals surface area contributed by atoms with Crippen molar-refractivity contribution in [3.63, 3.8) is 0 Å². The molecule has 0 spiro atoms. The molecule has 0 radical (unpaired) electrons. The van der Waals surface area contributed by atoms with E-state index in [1.165, 1.54) is 11.6 Å². The van der Waals surface area contributed by atoms with Crippen molar-refractivity contribution in [1.82, 2.24) is 10.2 Å². The number of hydrogen-bond acceptors (Lipinski definition) is 3. The number of hydrogen-bond donors (Lipinski definition) is 1. The second-order valence-corrected chi connectivity index (χ2v) is 7.31. The maximum Gasteiger partial charge on any atom is 0.224 e. The van der Waals surface area contributed by atoms with Crippen LogP contribution in [-0.4, -0.2) is 36.1 Å². The first-order valence-corrected chi connectivity index (χ1v) is 9.45. The van der Waals surface area contributed by atoms with Crippen LogP contribution in [0.4, 0.5) is 4.39 Å². The van der Waals surface area contributed by atoms with E-state index >= 15 is 0 Å². The predicted octanol–water partition coefficient (Wildman–Crippen LogP) is 3.29. The van der Waals surface area contributed by atoms with Crippen LogP contribution in [0.2, 0.25) is 0 Å². The Hall–Kier alpha value is -2.24. The molecule has 3 rings (SSSR count). The van der Waals surface area contributed by atoms with Crippen molar-refractivity contribution < 1.29 is 13.9 Å².